The SMILES string of the molecule is O=C1NC(=S)N(c2ccccc2F)C(=O)/C1=C/c1cc(Br)c(O)c([N+](=O)[O-])c1. The summed E-state index contributed by atoms with van der Waals surface area (Å²) in [7, 11) is 0. The first-order chi connectivity index (χ1) is 13.2. The molecular weight excluding hydrogens is 457 g/mol. The summed E-state index contributed by atoms with van der Waals surface area (Å²) in [6, 6.07) is 7.65. The average molecular weight is 466 g/mol. The molecule has 8 nitrogen and oxygen atoms in total. The lowest BCUT2D eigenvalue weighted by atomic mass is 10.1. The van der Waals surface area contributed by atoms with Crippen LogP contribution in [-0.2, 0) is 9.59 Å². The molecule has 0 radical (unpaired) electrons. The van der Waals surface area contributed by atoms with Crippen LogP contribution in [0, 0.1) is 15.9 Å². The van der Waals surface area contributed by atoms with Gasteiger partial charge in [0.05, 0.1) is 15.1 Å². The number of para-hydroxylation sites is 1. The highest BCUT2D eigenvalue weighted by Gasteiger charge is 2.35. The zero-order valence-corrected chi connectivity index (χ0v) is 16.1. The van der Waals surface area contributed by atoms with Gasteiger partial charge in [-0.1, -0.05) is 12.1 Å². The van der Waals surface area contributed by atoms with Crippen molar-refractivity contribution in [2.24, 2.45) is 0 Å². The van der Waals surface area contributed by atoms with Crippen LogP contribution in [0.1, 0.15) is 5.56 Å². The number of nitro benzene ring substituents is 1. The number of hydrogen-bond acceptors (Lipinski definition) is 6. The normalized spacial score (nSPS) is 15.7. The van der Waals surface area contributed by atoms with Gasteiger partial charge >= 0.3 is 5.69 Å². The first kappa shape index (κ1) is 19.6. The predicted molar refractivity (Wildman–Crippen MR) is 105 cm³/mol. The zero-order valence-electron chi connectivity index (χ0n) is 13.7. The minimum atomic E-state index is -0.897. The second kappa shape index (κ2) is 7.44. The molecule has 0 aromatic heterocycles. The predicted octanol–water partition coefficient (Wildman–Crippen LogP) is 3.03. The van der Waals surface area contributed by atoms with Gasteiger partial charge in [-0.05, 0) is 58.0 Å². The maximum absolute atomic E-state index is 14.1. The number of thiocarbonyl (C=S) groups is 1. The van der Waals surface area contributed by atoms with Gasteiger partial charge in [0.15, 0.2) is 5.11 Å². The number of phenols is 1. The van der Waals surface area contributed by atoms with Crippen molar-refractivity contribution in [1.82, 2.24) is 5.32 Å². The van der Waals surface area contributed by atoms with E-state index < -0.39 is 39.6 Å². The Morgan fingerprint density at radius 3 is 2.61 bits per heavy atom. The molecule has 1 saturated heterocycles. The van der Waals surface area contributed by atoms with Gasteiger partial charge in [0, 0.05) is 6.07 Å². The lowest BCUT2D eigenvalue weighted by Gasteiger charge is -2.29. The Morgan fingerprint density at radius 2 is 1.96 bits per heavy atom. The molecule has 2 aromatic rings. The number of carbonyl (C=O) groups is 2. The Balaban J connectivity index is 2.10. The molecule has 0 aliphatic carbocycles. The molecule has 0 bridgehead atoms. The number of rotatable bonds is 3. The number of nitrogens with one attached hydrogen (secondary N) is 1. The van der Waals surface area contributed by atoms with E-state index in [0.29, 0.717) is 0 Å². The highest BCUT2D eigenvalue weighted by Crippen LogP contribution is 2.36. The summed E-state index contributed by atoms with van der Waals surface area (Å²) in [6.45, 7) is 0. The zero-order chi connectivity index (χ0) is 20.6. The summed E-state index contributed by atoms with van der Waals surface area (Å²) in [6.07, 6.45) is 1.09. The summed E-state index contributed by atoms with van der Waals surface area (Å²) >= 11 is 7.96. The van der Waals surface area contributed by atoms with Crippen LogP contribution in [0.2, 0.25) is 0 Å². The van der Waals surface area contributed by atoms with Crippen LogP contribution in [0.4, 0.5) is 15.8 Å². The second-order valence-electron chi connectivity index (χ2n) is 5.54. The number of aromatic hydroxyl groups is 1. The molecule has 11 heteroatoms. The Labute approximate surface area is 170 Å². The fourth-order valence-electron chi connectivity index (χ4n) is 2.50. The minimum absolute atomic E-state index is 0.00121. The van der Waals surface area contributed by atoms with Crippen molar-refractivity contribution in [2.45, 2.75) is 0 Å². The third-order valence-electron chi connectivity index (χ3n) is 3.77. The van der Waals surface area contributed by atoms with Crippen molar-refractivity contribution in [3.63, 3.8) is 0 Å². The maximum atomic E-state index is 14.1. The minimum Gasteiger partial charge on any atom is -0.501 e. The van der Waals surface area contributed by atoms with Crippen LogP contribution in [-0.4, -0.2) is 27.0 Å². The van der Waals surface area contributed by atoms with E-state index in [1.54, 1.807) is 0 Å². The van der Waals surface area contributed by atoms with Crippen molar-refractivity contribution < 1.29 is 24.0 Å². The van der Waals surface area contributed by atoms with Crippen LogP contribution in [0.25, 0.3) is 6.08 Å². The van der Waals surface area contributed by atoms with Crippen LogP contribution in [0.5, 0.6) is 5.75 Å². The Kier molecular flexibility index (Phi) is 5.21. The average Bonchev–Trinajstić information content (AvgIpc) is 2.62. The number of phenolic OH excluding ortho intramolecular Hbond substituents is 1. The van der Waals surface area contributed by atoms with E-state index in [9.17, 15) is 29.2 Å². The summed E-state index contributed by atoms with van der Waals surface area (Å²) < 4.78 is 14.1. The number of nitro groups is 1. The van der Waals surface area contributed by atoms with Crippen LogP contribution >= 0.6 is 28.1 Å². The van der Waals surface area contributed by atoms with Gasteiger partial charge in [-0.3, -0.25) is 25.0 Å². The Bertz CT molecular complexity index is 1090. The largest absolute Gasteiger partial charge is 0.501 e. The fourth-order valence-corrected chi connectivity index (χ4v) is 3.24. The standard InChI is InChI=1S/C17H9BrFN3O5S/c18-10-6-8(7-13(14(10)23)22(26)27)5-9-15(24)20-17(28)21(16(9)25)12-4-2-1-3-11(12)19/h1-7,23H,(H,20,24,28)/b9-5+. The summed E-state index contributed by atoms with van der Waals surface area (Å²) in [4.78, 5) is 36.1. The fraction of sp³-hybridized carbons (Fsp3) is 0. The van der Waals surface area contributed by atoms with E-state index in [4.69, 9.17) is 12.2 Å². The third kappa shape index (κ3) is 3.49. The Morgan fingerprint density at radius 1 is 1.29 bits per heavy atom. The van der Waals surface area contributed by atoms with Gasteiger partial charge in [-0.25, -0.2) is 9.29 Å². The lowest BCUT2D eigenvalue weighted by molar-refractivity contribution is -0.386. The molecule has 2 aromatic carbocycles. The van der Waals surface area contributed by atoms with Gasteiger partial charge in [0.2, 0.25) is 5.75 Å². The monoisotopic (exact) mass is 465 g/mol. The summed E-state index contributed by atoms with van der Waals surface area (Å²) in [5, 5.41) is 22.8. The Hall–Kier alpha value is -3.18. The second-order valence-corrected chi connectivity index (χ2v) is 6.78. The summed E-state index contributed by atoms with van der Waals surface area (Å²) in [5.41, 5.74) is -1.09. The van der Waals surface area contributed by atoms with Gasteiger partial charge < -0.3 is 5.11 Å². The topological polar surface area (TPSA) is 113 Å². The first-order valence-electron chi connectivity index (χ1n) is 7.53. The van der Waals surface area contributed by atoms with Gasteiger partial charge in [-0.15, -0.1) is 0 Å². The number of hydrogen-bond donors (Lipinski definition) is 2. The number of amides is 2. The molecule has 0 atom stereocenters. The number of nitrogens with zero attached hydrogens (tertiary/aromatic N) is 2. The van der Waals surface area contributed by atoms with Gasteiger partial charge in [0.25, 0.3) is 11.8 Å². The number of halogens is 2. The van der Waals surface area contributed by atoms with Crippen LogP contribution < -0.4 is 10.2 Å². The van der Waals surface area contributed by atoms with Crippen molar-refractivity contribution in [1.29, 1.82) is 0 Å². The van der Waals surface area contributed by atoms with Crippen molar-refractivity contribution in [3.8, 4) is 5.75 Å². The number of anilines is 1. The molecule has 28 heavy (non-hydrogen) atoms. The van der Waals surface area contributed by atoms with E-state index >= 15 is 0 Å². The molecule has 0 saturated carbocycles. The van der Waals surface area contributed by atoms with E-state index in [2.05, 4.69) is 21.2 Å². The molecule has 1 fully saturated rings. The van der Waals surface area contributed by atoms with Crippen LogP contribution in [0.3, 0.4) is 0 Å². The highest BCUT2D eigenvalue weighted by molar-refractivity contribution is 9.10. The first-order valence-corrected chi connectivity index (χ1v) is 8.73. The number of benzene rings is 2. The molecule has 0 spiro atoms. The van der Waals surface area contributed by atoms with Gasteiger partial charge in [0.1, 0.15) is 11.4 Å². The molecule has 2 amide bonds. The molecule has 0 unspecified atom stereocenters. The molecule has 142 valence electrons. The summed E-state index contributed by atoms with van der Waals surface area (Å²) in [5.74, 6) is -3.06. The van der Waals surface area contributed by atoms with E-state index in [0.717, 1.165) is 23.1 Å². The molecule has 1 aliphatic heterocycles. The van der Waals surface area contributed by atoms with Crippen molar-refractivity contribution in [2.75, 3.05) is 4.90 Å². The molecule has 1 heterocycles. The van der Waals surface area contributed by atoms with Crippen molar-refractivity contribution >= 4 is 62.5 Å². The molecular formula is C17H9BrFN3O5S. The highest BCUT2D eigenvalue weighted by atomic mass is 79.9. The number of carbonyl (C=O) groups excluding carboxylic acids is 2. The third-order valence-corrected chi connectivity index (χ3v) is 4.66. The van der Waals surface area contributed by atoms with Gasteiger partial charge in [-0.2, -0.15) is 0 Å². The van der Waals surface area contributed by atoms with Crippen molar-refractivity contribution in [3.05, 3.63) is 67.9 Å². The van der Waals surface area contributed by atoms with E-state index in [1.165, 1.54) is 24.3 Å². The van der Waals surface area contributed by atoms with E-state index in [1.807, 2.05) is 0 Å². The van der Waals surface area contributed by atoms with E-state index in [-0.39, 0.29) is 20.8 Å². The quantitative estimate of drug-likeness (QED) is 0.237. The molecule has 3 rings (SSSR count). The molecule has 1 aliphatic rings. The van der Waals surface area contributed by atoms with Crippen LogP contribution in [0.15, 0.2) is 46.4 Å². The smallest absolute Gasteiger partial charge is 0.312 e. The molecule has 2 N–H and O–H groups in total. The lowest BCUT2D eigenvalue weighted by Crippen LogP contribution is -2.54. The maximum Gasteiger partial charge on any atom is 0.312 e.